The van der Waals surface area contributed by atoms with E-state index in [0.29, 0.717) is 11.3 Å². The summed E-state index contributed by atoms with van der Waals surface area (Å²) < 4.78 is 5.64. The Bertz CT molecular complexity index is 414. The second-order valence-corrected chi connectivity index (χ2v) is 4.30. The van der Waals surface area contributed by atoms with Crippen molar-refractivity contribution >= 4 is 5.69 Å². The molecule has 5 nitrogen and oxygen atoms in total. The van der Waals surface area contributed by atoms with Gasteiger partial charge in [0.2, 0.25) is 0 Å². The molecule has 16 heavy (non-hydrogen) atoms. The molecular weight excluding hydrogens is 208 g/mol. The molecule has 5 heteroatoms. The van der Waals surface area contributed by atoms with Gasteiger partial charge in [-0.15, -0.1) is 0 Å². The van der Waals surface area contributed by atoms with E-state index in [2.05, 4.69) is 4.98 Å². The highest BCUT2D eigenvalue weighted by Gasteiger charge is 2.28. The first-order chi connectivity index (χ1) is 7.59. The molecule has 0 atom stereocenters. The monoisotopic (exact) mass is 222 g/mol. The Morgan fingerprint density at radius 1 is 1.50 bits per heavy atom. The van der Waals surface area contributed by atoms with Crippen molar-refractivity contribution < 1.29 is 9.66 Å². The van der Waals surface area contributed by atoms with Crippen LogP contribution < -0.4 is 4.74 Å². The molecule has 0 amide bonds. The summed E-state index contributed by atoms with van der Waals surface area (Å²) in [4.78, 5) is 14.4. The van der Waals surface area contributed by atoms with Gasteiger partial charge in [-0.3, -0.25) is 15.1 Å². The summed E-state index contributed by atoms with van der Waals surface area (Å²) in [6.07, 6.45) is 5.14. The van der Waals surface area contributed by atoms with Gasteiger partial charge in [0.25, 0.3) is 5.69 Å². The predicted molar refractivity (Wildman–Crippen MR) is 58.6 cm³/mol. The number of pyridine rings is 1. The van der Waals surface area contributed by atoms with Gasteiger partial charge in [0, 0.05) is 0 Å². The molecule has 0 aromatic carbocycles. The van der Waals surface area contributed by atoms with E-state index in [1.54, 1.807) is 6.20 Å². The third-order valence-electron chi connectivity index (χ3n) is 2.52. The number of nitrogens with zero attached hydrogens (tertiary/aromatic N) is 2. The zero-order chi connectivity index (χ0) is 11.7. The third-order valence-corrected chi connectivity index (χ3v) is 2.52. The van der Waals surface area contributed by atoms with E-state index >= 15 is 0 Å². The second kappa shape index (κ2) is 4.08. The highest BCUT2D eigenvalue weighted by atomic mass is 16.6. The van der Waals surface area contributed by atoms with Gasteiger partial charge in [-0.25, -0.2) is 0 Å². The molecule has 86 valence electrons. The van der Waals surface area contributed by atoms with Gasteiger partial charge < -0.3 is 4.74 Å². The normalized spacial score (nSPS) is 15.2. The molecular formula is C11H14N2O3. The molecule has 0 saturated heterocycles. The summed E-state index contributed by atoms with van der Waals surface area (Å²) in [5, 5.41) is 10.9. The topological polar surface area (TPSA) is 65.3 Å². The number of ether oxygens (including phenoxy) is 1. The Morgan fingerprint density at radius 2 is 2.19 bits per heavy atom. The van der Waals surface area contributed by atoms with Crippen molar-refractivity contribution in [2.24, 2.45) is 0 Å². The van der Waals surface area contributed by atoms with Crippen LogP contribution in [-0.4, -0.2) is 16.0 Å². The van der Waals surface area contributed by atoms with Crippen molar-refractivity contribution in [2.45, 2.75) is 38.7 Å². The summed E-state index contributed by atoms with van der Waals surface area (Å²) >= 11 is 0. The molecule has 2 rings (SSSR count). The molecule has 1 aromatic heterocycles. The lowest BCUT2D eigenvalue weighted by Crippen LogP contribution is -2.05. The zero-order valence-electron chi connectivity index (χ0n) is 9.34. The fourth-order valence-corrected chi connectivity index (χ4v) is 1.63. The molecule has 1 aliphatic rings. The van der Waals surface area contributed by atoms with Gasteiger partial charge in [-0.1, -0.05) is 13.8 Å². The number of rotatable bonds is 4. The van der Waals surface area contributed by atoms with E-state index in [4.69, 9.17) is 4.74 Å². The third kappa shape index (κ3) is 2.13. The SMILES string of the molecule is CC(C)c1c(OC2CC2)cncc1[N+](=O)[O-]. The molecule has 1 aromatic rings. The molecule has 1 aliphatic carbocycles. The van der Waals surface area contributed by atoms with Gasteiger partial charge in [-0.05, 0) is 18.8 Å². The number of nitro groups is 1. The van der Waals surface area contributed by atoms with Crippen LogP contribution in [0.3, 0.4) is 0 Å². The van der Waals surface area contributed by atoms with Crippen LogP contribution in [0.4, 0.5) is 5.69 Å². The van der Waals surface area contributed by atoms with E-state index in [1.807, 2.05) is 13.8 Å². The average molecular weight is 222 g/mol. The second-order valence-electron chi connectivity index (χ2n) is 4.30. The van der Waals surface area contributed by atoms with Crippen LogP contribution in [0.5, 0.6) is 5.75 Å². The van der Waals surface area contributed by atoms with E-state index in [9.17, 15) is 10.1 Å². The fraction of sp³-hybridized carbons (Fsp3) is 0.545. The summed E-state index contributed by atoms with van der Waals surface area (Å²) in [6.45, 7) is 3.84. The first-order valence-electron chi connectivity index (χ1n) is 5.38. The summed E-state index contributed by atoms with van der Waals surface area (Å²) in [5.74, 6) is 0.615. The lowest BCUT2D eigenvalue weighted by Gasteiger charge is -2.12. The lowest BCUT2D eigenvalue weighted by molar-refractivity contribution is -0.386. The number of aromatic nitrogens is 1. The van der Waals surface area contributed by atoms with Crippen LogP contribution in [0.25, 0.3) is 0 Å². The van der Waals surface area contributed by atoms with Crippen LogP contribution in [0.15, 0.2) is 12.4 Å². The molecule has 1 saturated carbocycles. The summed E-state index contributed by atoms with van der Waals surface area (Å²) in [5.41, 5.74) is 0.694. The van der Waals surface area contributed by atoms with Crippen molar-refractivity contribution in [3.8, 4) is 5.75 Å². The Labute approximate surface area is 93.6 Å². The molecule has 0 bridgehead atoms. The summed E-state index contributed by atoms with van der Waals surface area (Å²) in [7, 11) is 0. The average Bonchev–Trinajstić information content (AvgIpc) is 3.00. The largest absolute Gasteiger partial charge is 0.488 e. The van der Waals surface area contributed by atoms with Gasteiger partial charge in [0.1, 0.15) is 11.9 Å². The van der Waals surface area contributed by atoms with Crippen LogP contribution >= 0.6 is 0 Å². The maximum Gasteiger partial charge on any atom is 0.294 e. The maximum atomic E-state index is 10.9. The number of hydrogen-bond acceptors (Lipinski definition) is 4. The Hall–Kier alpha value is -1.65. The Morgan fingerprint density at radius 3 is 2.69 bits per heavy atom. The quantitative estimate of drug-likeness (QED) is 0.580. The minimum atomic E-state index is -0.401. The van der Waals surface area contributed by atoms with E-state index < -0.39 is 4.92 Å². The Kier molecular flexibility index (Phi) is 2.77. The first kappa shape index (κ1) is 10.9. The van der Waals surface area contributed by atoms with Crippen molar-refractivity contribution in [3.05, 3.63) is 28.1 Å². The van der Waals surface area contributed by atoms with E-state index in [-0.39, 0.29) is 17.7 Å². The highest BCUT2D eigenvalue weighted by molar-refractivity contribution is 5.48. The van der Waals surface area contributed by atoms with Gasteiger partial charge in [0.05, 0.1) is 22.8 Å². The molecule has 0 aliphatic heterocycles. The van der Waals surface area contributed by atoms with Crippen LogP contribution in [0.1, 0.15) is 38.2 Å². The van der Waals surface area contributed by atoms with Crippen molar-refractivity contribution in [2.75, 3.05) is 0 Å². The highest BCUT2D eigenvalue weighted by Crippen LogP contribution is 2.36. The zero-order valence-corrected chi connectivity index (χ0v) is 9.34. The lowest BCUT2D eigenvalue weighted by atomic mass is 10.0. The summed E-state index contributed by atoms with van der Waals surface area (Å²) in [6, 6.07) is 0. The minimum absolute atomic E-state index is 0.0492. The van der Waals surface area contributed by atoms with Crippen LogP contribution in [-0.2, 0) is 0 Å². The molecule has 0 spiro atoms. The smallest absolute Gasteiger partial charge is 0.294 e. The van der Waals surface area contributed by atoms with Crippen molar-refractivity contribution in [3.63, 3.8) is 0 Å². The van der Waals surface area contributed by atoms with E-state index in [1.165, 1.54) is 6.20 Å². The molecule has 1 fully saturated rings. The fourth-order valence-electron chi connectivity index (χ4n) is 1.63. The van der Waals surface area contributed by atoms with Gasteiger partial charge in [0.15, 0.2) is 0 Å². The minimum Gasteiger partial charge on any atom is -0.488 e. The Balaban J connectivity index is 2.41. The first-order valence-corrected chi connectivity index (χ1v) is 5.38. The van der Waals surface area contributed by atoms with Crippen LogP contribution in [0.2, 0.25) is 0 Å². The standard InChI is InChI=1S/C11H14N2O3/c1-7(2)11-9(13(14)15)5-12-6-10(11)16-8-3-4-8/h5-8H,3-4H2,1-2H3. The van der Waals surface area contributed by atoms with Crippen LogP contribution in [0, 0.1) is 10.1 Å². The van der Waals surface area contributed by atoms with Crippen molar-refractivity contribution in [1.82, 2.24) is 4.98 Å². The predicted octanol–water partition coefficient (Wildman–Crippen LogP) is 2.65. The maximum absolute atomic E-state index is 10.9. The van der Waals surface area contributed by atoms with Gasteiger partial charge in [-0.2, -0.15) is 0 Å². The molecule has 0 N–H and O–H groups in total. The molecule has 0 radical (unpaired) electrons. The van der Waals surface area contributed by atoms with E-state index in [0.717, 1.165) is 12.8 Å². The molecule has 1 heterocycles. The van der Waals surface area contributed by atoms with Crippen molar-refractivity contribution in [1.29, 1.82) is 0 Å². The molecule has 0 unspecified atom stereocenters. The number of hydrogen-bond donors (Lipinski definition) is 0. The van der Waals surface area contributed by atoms with Gasteiger partial charge >= 0.3 is 0 Å².